The van der Waals surface area contributed by atoms with E-state index in [0.29, 0.717) is 10.5 Å². The number of thiol groups is 1. The van der Waals surface area contributed by atoms with Gasteiger partial charge in [0, 0.05) is 21.8 Å². The van der Waals surface area contributed by atoms with E-state index in [1.54, 1.807) is 24.5 Å². The van der Waals surface area contributed by atoms with Crippen LogP contribution >= 0.6 is 28.6 Å². The first-order chi connectivity index (χ1) is 9.08. The van der Waals surface area contributed by atoms with Gasteiger partial charge in [-0.15, -0.1) is 12.6 Å². The number of amides is 1. The third kappa shape index (κ3) is 3.58. The van der Waals surface area contributed by atoms with Gasteiger partial charge in [-0.2, -0.15) is 0 Å². The quantitative estimate of drug-likeness (QED) is 0.840. The molecule has 1 N–H and O–H groups in total. The van der Waals surface area contributed by atoms with Crippen molar-refractivity contribution in [3.05, 3.63) is 58.3 Å². The number of halogens is 1. The van der Waals surface area contributed by atoms with Crippen molar-refractivity contribution in [2.45, 2.75) is 17.9 Å². The number of nitrogens with zero attached hydrogens (tertiary/aromatic N) is 1. The predicted molar refractivity (Wildman–Crippen MR) is 81.5 cm³/mol. The number of hydrogen-bond donors (Lipinski definition) is 2. The van der Waals surface area contributed by atoms with Crippen LogP contribution in [-0.4, -0.2) is 10.9 Å². The van der Waals surface area contributed by atoms with Gasteiger partial charge in [0.15, 0.2) is 0 Å². The van der Waals surface area contributed by atoms with E-state index >= 15 is 0 Å². The van der Waals surface area contributed by atoms with Crippen molar-refractivity contribution in [1.29, 1.82) is 0 Å². The van der Waals surface area contributed by atoms with E-state index in [0.717, 1.165) is 10.0 Å². The summed E-state index contributed by atoms with van der Waals surface area (Å²) >= 11 is 7.66. The molecule has 0 aliphatic rings. The van der Waals surface area contributed by atoms with E-state index in [9.17, 15) is 4.79 Å². The van der Waals surface area contributed by atoms with Crippen LogP contribution in [0.5, 0.6) is 0 Å². The molecule has 19 heavy (non-hydrogen) atoms. The first kappa shape index (κ1) is 14.1. The summed E-state index contributed by atoms with van der Waals surface area (Å²) in [6, 6.07) is 9.05. The lowest BCUT2D eigenvalue weighted by molar-refractivity contribution is 0.0937. The van der Waals surface area contributed by atoms with Crippen LogP contribution in [0.3, 0.4) is 0 Å². The predicted octanol–water partition coefficient (Wildman–Crippen LogP) is 3.62. The molecule has 0 saturated carbocycles. The van der Waals surface area contributed by atoms with Crippen molar-refractivity contribution in [3.63, 3.8) is 0 Å². The number of hydrogen-bond acceptors (Lipinski definition) is 3. The Morgan fingerprint density at radius 2 is 2.21 bits per heavy atom. The van der Waals surface area contributed by atoms with Crippen LogP contribution in [0, 0.1) is 0 Å². The third-order valence-corrected chi connectivity index (χ3v) is 3.60. The van der Waals surface area contributed by atoms with Gasteiger partial charge < -0.3 is 5.32 Å². The van der Waals surface area contributed by atoms with Crippen molar-refractivity contribution in [2.75, 3.05) is 0 Å². The lowest BCUT2D eigenvalue weighted by Gasteiger charge is -2.14. The van der Waals surface area contributed by atoms with Gasteiger partial charge in [0.2, 0.25) is 0 Å². The first-order valence-corrected chi connectivity index (χ1v) is 7.01. The number of carbonyl (C=O) groups is 1. The van der Waals surface area contributed by atoms with E-state index in [1.807, 2.05) is 25.1 Å². The number of carbonyl (C=O) groups excluding carboxylic acids is 1. The van der Waals surface area contributed by atoms with Crippen LogP contribution in [0.2, 0.25) is 0 Å². The Balaban J connectivity index is 2.13. The van der Waals surface area contributed by atoms with E-state index < -0.39 is 0 Å². The molecular formula is C14H13BrN2OS. The molecule has 5 heteroatoms. The Kier molecular flexibility index (Phi) is 4.61. The molecule has 0 aliphatic heterocycles. The molecule has 1 aromatic heterocycles. The normalized spacial score (nSPS) is 11.9. The molecular weight excluding hydrogens is 324 g/mol. The zero-order valence-corrected chi connectivity index (χ0v) is 12.8. The lowest BCUT2D eigenvalue weighted by Crippen LogP contribution is -2.27. The molecule has 0 spiro atoms. The zero-order chi connectivity index (χ0) is 13.8. The molecule has 1 amide bonds. The molecule has 1 aromatic carbocycles. The summed E-state index contributed by atoms with van der Waals surface area (Å²) in [5.74, 6) is -0.145. The van der Waals surface area contributed by atoms with E-state index in [2.05, 4.69) is 38.9 Å². The van der Waals surface area contributed by atoms with Crippen molar-refractivity contribution in [1.82, 2.24) is 10.3 Å². The molecule has 0 aliphatic carbocycles. The molecule has 3 nitrogen and oxygen atoms in total. The number of benzene rings is 1. The highest BCUT2D eigenvalue weighted by Gasteiger charge is 2.13. The summed E-state index contributed by atoms with van der Waals surface area (Å²) in [5.41, 5.74) is 1.52. The smallest absolute Gasteiger partial charge is 0.252 e. The highest BCUT2D eigenvalue weighted by atomic mass is 79.9. The minimum atomic E-state index is -0.145. The van der Waals surface area contributed by atoms with Gasteiger partial charge in [-0.1, -0.05) is 22.0 Å². The van der Waals surface area contributed by atoms with E-state index in [-0.39, 0.29) is 11.9 Å². The van der Waals surface area contributed by atoms with Crippen LogP contribution in [0.25, 0.3) is 0 Å². The topological polar surface area (TPSA) is 42.0 Å². The largest absolute Gasteiger partial charge is 0.345 e. The number of aromatic nitrogens is 1. The van der Waals surface area contributed by atoms with Gasteiger partial charge in [0.05, 0.1) is 11.6 Å². The van der Waals surface area contributed by atoms with E-state index in [1.165, 1.54) is 0 Å². The van der Waals surface area contributed by atoms with Crippen molar-refractivity contribution < 1.29 is 4.79 Å². The SMILES string of the molecule is CC(NC(=O)c1ccc(Br)cc1S)c1cccnc1. The first-order valence-electron chi connectivity index (χ1n) is 5.77. The average Bonchev–Trinajstić information content (AvgIpc) is 2.39. The maximum atomic E-state index is 12.2. The summed E-state index contributed by atoms with van der Waals surface area (Å²) in [6.45, 7) is 1.92. The van der Waals surface area contributed by atoms with Crippen molar-refractivity contribution in [3.8, 4) is 0 Å². The molecule has 0 radical (unpaired) electrons. The highest BCUT2D eigenvalue weighted by Crippen LogP contribution is 2.20. The fourth-order valence-corrected chi connectivity index (χ4v) is 2.54. The standard InChI is InChI=1S/C14H13BrN2OS/c1-9(10-3-2-6-16-8-10)17-14(18)12-5-4-11(15)7-13(12)19/h2-9,19H,1H3,(H,17,18). The van der Waals surface area contributed by atoms with Crippen LogP contribution in [0.1, 0.15) is 28.9 Å². The molecule has 1 atom stereocenters. The van der Waals surface area contributed by atoms with Crippen molar-refractivity contribution in [2.24, 2.45) is 0 Å². The Bertz CT molecular complexity index is 589. The van der Waals surface area contributed by atoms with Gasteiger partial charge in [0.25, 0.3) is 5.91 Å². The molecule has 0 fully saturated rings. The summed E-state index contributed by atoms with van der Waals surface area (Å²) in [5, 5.41) is 2.93. The lowest BCUT2D eigenvalue weighted by atomic mass is 10.1. The number of rotatable bonds is 3. The second-order valence-corrected chi connectivity index (χ2v) is 5.54. The fraction of sp³-hybridized carbons (Fsp3) is 0.143. The van der Waals surface area contributed by atoms with Crippen LogP contribution in [-0.2, 0) is 0 Å². The zero-order valence-electron chi connectivity index (χ0n) is 10.3. The van der Waals surface area contributed by atoms with Gasteiger partial charge in [-0.05, 0) is 36.8 Å². The van der Waals surface area contributed by atoms with Crippen LogP contribution in [0.4, 0.5) is 0 Å². The second-order valence-electron chi connectivity index (χ2n) is 4.14. The average molecular weight is 337 g/mol. The summed E-state index contributed by atoms with van der Waals surface area (Å²) < 4.78 is 0.898. The van der Waals surface area contributed by atoms with Gasteiger partial charge in [0.1, 0.15) is 0 Å². The minimum Gasteiger partial charge on any atom is -0.345 e. The van der Waals surface area contributed by atoms with Crippen LogP contribution < -0.4 is 5.32 Å². The molecule has 1 heterocycles. The maximum Gasteiger partial charge on any atom is 0.252 e. The molecule has 2 aromatic rings. The molecule has 0 saturated heterocycles. The summed E-state index contributed by atoms with van der Waals surface area (Å²) in [7, 11) is 0. The fourth-order valence-electron chi connectivity index (χ4n) is 1.69. The molecule has 0 bridgehead atoms. The molecule has 1 unspecified atom stereocenters. The summed E-state index contributed by atoms with van der Waals surface area (Å²) in [4.78, 5) is 16.9. The maximum absolute atomic E-state index is 12.2. The summed E-state index contributed by atoms with van der Waals surface area (Å²) in [6.07, 6.45) is 3.45. The van der Waals surface area contributed by atoms with Gasteiger partial charge >= 0.3 is 0 Å². The number of nitrogens with one attached hydrogen (secondary N) is 1. The monoisotopic (exact) mass is 336 g/mol. The van der Waals surface area contributed by atoms with Gasteiger partial charge in [-0.25, -0.2) is 0 Å². The highest BCUT2D eigenvalue weighted by molar-refractivity contribution is 9.10. The number of pyridine rings is 1. The van der Waals surface area contributed by atoms with E-state index in [4.69, 9.17) is 0 Å². The molecule has 2 rings (SSSR count). The van der Waals surface area contributed by atoms with Gasteiger partial charge in [-0.3, -0.25) is 9.78 Å². The minimum absolute atomic E-state index is 0.0995. The Morgan fingerprint density at radius 1 is 1.42 bits per heavy atom. The second kappa shape index (κ2) is 6.21. The van der Waals surface area contributed by atoms with Crippen LogP contribution in [0.15, 0.2) is 52.1 Å². The Hall–Kier alpha value is -1.33. The Labute approximate surface area is 126 Å². The Morgan fingerprint density at radius 3 is 2.84 bits per heavy atom. The molecule has 98 valence electrons. The van der Waals surface area contributed by atoms with Crippen molar-refractivity contribution >= 4 is 34.5 Å². The third-order valence-electron chi connectivity index (χ3n) is 2.74.